The van der Waals surface area contributed by atoms with Crippen LogP contribution in [-0.4, -0.2) is 19.3 Å². The van der Waals surface area contributed by atoms with Crippen LogP contribution in [-0.2, 0) is 4.74 Å². The lowest BCUT2D eigenvalue weighted by Crippen LogP contribution is -2.36. The van der Waals surface area contributed by atoms with Crippen LogP contribution in [0.5, 0.6) is 0 Å². The monoisotopic (exact) mass is 315 g/mol. The van der Waals surface area contributed by atoms with Crippen LogP contribution in [0.3, 0.4) is 0 Å². The molecule has 0 bridgehead atoms. The molecule has 0 radical (unpaired) electrons. The zero-order chi connectivity index (χ0) is 13.1. The molecule has 100 valence electrons. The molecule has 1 aliphatic heterocycles. The second-order valence-corrected chi connectivity index (χ2v) is 5.88. The van der Waals surface area contributed by atoms with E-state index in [2.05, 4.69) is 28.2 Å². The lowest BCUT2D eigenvalue weighted by atomic mass is 9.98. The van der Waals surface area contributed by atoms with E-state index in [0.717, 1.165) is 24.1 Å². The van der Waals surface area contributed by atoms with Gasteiger partial charge in [0.1, 0.15) is 5.82 Å². The Morgan fingerprint density at radius 2 is 2.22 bits per heavy atom. The zero-order valence-electron chi connectivity index (χ0n) is 10.7. The normalized spacial score (nSPS) is 23.0. The third-order valence-corrected chi connectivity index (χ3v) is 4.11. The fourth-order valence-corrected chi connectivity index (χ4v) is 2.75. The van der Waals surface area contributed by atoms with Gasteiger partial charge in [-0.3, -0.25) is 0 Å². The van der Waals surface area contributed by atoms with E-state index in [-0.39, 0.29) is 11.9 Å². The molecule has 4 heteroatoms. The molecule has 2 nitrogen and oxygen atoms in total. The summed E-state index contributed by atoms with van der Waals surface area (Å²) in [6, 6.07) is 5.56. The summed E-state index contributed by atoms with van der Waals surface area (Å²) in [7, 11) is 0. The summed E-state index contributed by atoms with van der Waals surface area (Å²) in [6.45, 7) is 5.80. The molecule has 3 atom stereocenters. The molecule has 0 aromatic heterocycles. The lowest BCUT2D eigenvalue weighted by Gasteiger charge is -2.24. The van der Waals surface area contributed by atoms with Crippen molar-refractivity contribution in [1.29, 1.82) is 0 Å². The third kappa shape index (κ3) is 3.31. The summed E-state index contributed by atoms with van der Waals surface area (Å²) < 4.78 is 20.0. The largest absolute Gasteiger partial charge is 0.381 e. The van der Waals surface area contributed by atoms with E-state index in [4.69, 9.17) is 4.74 Å². The van der Waals surface area contributed by atoms with Crippen molar-refractivity contribution >= 4 is 15.9 Å². The SMILES string of the molecule is CC(NC(C)C1CCOC1)c1ccc(Br)cc1F. The van der Waals surface area contributed by atoms with Gasteiger partial charge < -0.3 is 10.1 Å². The first kappa shape index (κ1) is 14.0. The Morgan fingerprint density at radius 3 is 2.83 bits per heavy atom. The summed E-state index contributed by atoms with van der Waals surface area (Å²) in [5.74, 6) is 0.366. The van der Waals surface area contributed by atoms with Crippen LogP contribution in [0.25, 0.3) is 0 Å². The average Bonchev–Trinajstić information content (AvgIpc) is 2.81. The van der Waals surface area contributed by atoms with Crippen molar-refractivity contribution in [2.45, 2.75) is 32.4 Å². The zero-order valence-corrected chi connectivity index (χ0v) is 12.3. The van der Waals surface area contributed by atoms with Crippen molar-refractivity contribution in [3.05, 3.63) is 34.1 Å². The molecule has 1 aromatic rings. The predicted octanol–water partition coefficient (Wildman–Crippen LogP) is 3.66. The first-order chi connectivity index (χ1) is 8.58. The van der Waals surface area contributed by atoms with Crippen molar-refractivity contribution in [3.63, 3.8) is 0 Å². The molecule has 0 aliphatic carbocycles. The minimum atomic E-state index is -0.167. The number of rotatable bonds is 4. The average molecular weight is 316 g/mol. The summed E-state index contributed by atoms with van der Waals surface area (Å²) in [6.07, 6.45) is 1.09. The number of ether oxygens (including phenoxy) is 1. The van der Waals surface area contributed by atoms with Crippen molar-refractivity contribution in [2.75, 3.05) is 13.2 Å². The van der Waals surface area contributed by atoms with E-state index in [1.165, 1.54) is 6.07 Å². The number of nitrogens with one attached hydrogen (secondary N) is 1. The summed E-state index contributed by atoms with van der Waals surface area (Å²) in [4.78, 5) is 0. The van der Waals surface area contributed by atoms with E-state index < -0.39 is 0 Å². The van der Waals surface area contributed by atoms with Crippen LogP contribution in [0.15, 0.2) is 22.7 Å². The number of benzene rings is 1. The molecule has 0 spiro atoms. The van der Waals surface area contributed by atoms with Gasteiger partial charge in [-0.2, -0.15) is 0 Å². The second kappa shape index (κ2) is 6.13. The van der Waals surface area contributed by atoms with Gasteiger partial charge in [0.25, 0.3) is 0 Å². The molecule has 1 fully saturated rings. The van der Waals surface area contributed by atoms with E-state index in [0.29, 0.717) is 17.5 Å². The summed E-state index contributed by atoms with van der Waals surface area (Å²) >= 11 is 3.27. The molecule has 1 N–H and O–H groups in total. The predicted molar refractivity (Wildman–Crippen MR) is 74.0 cm³/mol. The second-order valence-electron chi connectivity index (χ2n) is 4.97. The van der Waals surface area contributed by atoms with Crippen LogP contribution < -0.4 is 5.32 Å². The molecule has 1 aromatic carbocycles. The van der Waals surface area contributed by atoms with Gasteiger partial charge in [0, 0.05) is 28.7 Å². The minimum absolute atomic E-state index is 0.00806. The Labute approximate surface area is 116 Å². The maximum Gasteiger partial charge on any atom is 0.129 e. The standard InChI is InChI=1S/C14H19BrFNO/c1-9(11-5-6-18-8-11)17-10(2)13-4-3-12(15)7-14(13)16/h3-4,7,9-11,17H,5-6,8H2,1-2H3. The first-order valence-corrected chi connectivity index (χ1v) is 7.16. The van der Waals surface area contributed by atoms with Crippen molar-refractivity contribution in [3.8, 4) is 0 Å². The molecule has 1 heterocycles. The topological polar surface area (TPSA) is 21.3 Å². The molecule has 0 saturated carbocycles. The minimum Gasteiger partial charge on any atom is -0.381 e. The highest BCUT2D eigenvalue weighted by Crippen LogP contribution is 2.23. The van der Waals surface area contributed by atoms with Crippen LogP contribution in [0.1, 0.15) is 31.9 Å². The smallest absolute Gasteiger partial charge is 0.129 e. The van der Waals surface area contributed by atoms with Crippen molar-refractivity contribution in [1.82, 2.24) is 5.32 Å². The van der Waals surface area contributed by atoms with Crippen LogP contribution in [0, 0.1) is 11.7 Å². The highest BCUT2D eigenvalue weighted by Gasteiger charge is 2.24. The number of hydrogen-bond donors (Lipinski definition) is 1. The van der Waals surface area contributed by atoms with Crippen LogP contribution in [0.2, 0.25) is 0 Å². The first-order valence-electron chi connectivity index (χ1n) is 6.36. The molecule has 0 amide bonds. The van der Waals surface area contributed by atoms with Gasteiger partial charge in [0.15, 0.2) is 0 Å². The van der Waals surface area contributed by atoms with Crippen molar-refractivity contribution < 1.29 is 9.13 Å². The van der Waals surface area contributed by atoms with Gasteiger partial charge >= 0.3 is 0 Å². The van der Waals surface area contributed by atoms with Gasteiger partial charge in [-0.1, -0.05) is 22.0 Å². The van der Waals surface area contributed by atoms with Gasteiger partial charge in [-0.15, -0.1) is 0 Å². The maximum absolute atomic E-state index is 13.8. The van der Waals surface area contributed by atoms with Crippen LogP contribution >= 0.6 is 15.9 Å². The quantitative estimate of drug-likeness (QED) is 0.915. The fraction of sp³-hybridized carbons (Fsp3) is 0.571. The molecule has 3 unspecified atom stereocenters. The number of halogens is 2. The van der Waals surface area contributed by atoms with E-state index in [9.17, 15) is 4.39 Å². The van der Waals surface area contributed by atoms with Crippen LogP contribution in [0.4, 0.5) is 4.39 Å². The Balaban J connectivity index is 2.00. The molecule has 1 saturated heterocycles. The Morgan fingerprint density at radius 1 is 1.44 bits per heavy atom. The highest BCUT2D eigenvalue weighted by molar-refractivity contribution is 9.10. The Hall–Kier alpha value is -0.450. The summed E-state index contributed by atoms with van der Waals surface area (Å²) in [5, 5.41) is 3.46. The number of hydrogen-bond acceptors (Lipinski definition) is 2. The van der Waals surface area contributed by atoms with E-state index in [1.54, 1.807) is 0 Å². The highest BCUT2D eigenvalue weighted by atomic mass is 79.9. The van der Waals surface area contributed by atoms with Crippen molar-refractivity contribution in [2.24, 2.45) is 5.92 Å². The fourth-order valence-electron chi connectivity index (χ4n) is 2.42. The Kier molecular flexibility index (Phi) is 4.76. The molecular weight excluding hydrogens is 297 g/mol. The van der Waals surface area contributed by atoms with E-state index in [1.807, 2.05) is 19.1 Å². The van der Waals surface area contributed by atoms with E-state index >= 15 is 0 Å². The molecule has 18 heavy (non-hydrogen) atoms. The van der Waals surface area contributed by atoms with Gasteiger partial charge in [0.05, 0.1) is 6.61 Å². The summed E-state index contributed by atoms with van der Waals surface area (Å²) in [5.41, 5.74) is 0.712. The lowest BCUT2D eigenvalue weighted by molar-refractivity contribution is 0.177. The van der Waals surface area contributed by atoms with Gasteiger partial charge in [0.2, 0.25) is 0 Å². The van der Waals surface area contributed by atoms with Gasteiger partial charge in [-0.05, 0) is 38.3 Å². The molecule has 2 rings (SSSR count). The molecular formula is C14H19BrFNO. The maximum atomic E-state index is 13.8. The third-order valence-electron chi connectivity index (χ3n) is 3.61. The molecule has 1 aliphatic rings. The van der Waals surface area contributed by atoms with Gasteiger partial charge in [-0.25, -0.2) is 4.39 Å². The Bertz CT molecular complexity index is 407.